The van der Waals surface area contributed by atoms with Gasteiger partial charge >= 0.3 is 0 Å². The molecule has 0 radical (unpaired) electrons. The third kappa shape index (κ3) is 2.41. The van der Waals surface area contributed by atoms with Crippen molar-refractivity contribution in [3.63, 3.8) is 0 Å². The van der Waals surface area contributed by atoms with Gasteiger partial charge in [-0.2, -0.15) is 0 Å². The van der Waals surface area contributed by atoms with E-state index in [2.05, 4.69) is 20.9 Å². The zero-order valence-corrected chi connectivity index (χ0v) is 13.1. The molecule has 2 rings (SSSR count). The van der Waals surface area contributed by atoms with Gasteiger partial charge in [0.1, 0.15) is 0 Å². The molecular weight excluding hydrogens is 320 g/mol. The predicted molar refractivity (Wildman–Crippen MR) is 83.6 cm³/mol. The monoisotopic (exact) mass is 334 g/mol. The number of hydrogen-bond acceptors (Lipinski definition) is 2. The van der Waals surface area contributed by atoms with Crippen LogP contribution in [0.1, 0.15) is 11.3 Å². The third-order valence-corrected chi connectivity index (χ3v) is 3.69. The first-order chi connectivity index (χ1) is 9.47. The van der Waals surface area contributed by atoms with Crippen molar-refractivity contribution < 1.29 is 9.59 Å². The zero-order chi connectivity index (χ0) is 14.9. The van der Waals surface area contributed by atoms with E-state index in [9.17, 15) is 9.59 Å². The van der Waals surface area contributed by atoms with Gasteiger partial charge in [0.15, 0.2) is 6.29 Å². The van der Waals surface area contributed by atoms with Crippen LogP contribution < -0.4 is 0 Å². The van der Waals surface area contributed by atoms with Crippen molar-refractivity contribution in [3.8, 4) is 0 Å². The Kier molecular flexibility index (Phi) is 4.09. The number of nitrogens with one attached hydrogen (secondary N) is 1. The summed E-state index contributed by atoms with van der Waals surface area (Å²) in [5.74, 6) is -0.211. The van der Waals surface area contributed by atoms with Gasteiger partial charge in [-0.1, -0.05) is 18.2 Å². The maximum absolute atomic E-state index is 12.4. The second-order valence-electron chi connectivity index (χ2n) is 4.71. The molecule has 4 nitrogen and oxygen atoms in total. The van der Waals surface area contributed by atoms with E-state index in [1.807, 2.05) is 31.2 Å². The third-order valence-electron chi connectivity index (χ3n) is 3.11. The maximum atomic E-state index is 12.4. The summed E-state index contributed by atoms with van der Waals surface area (Å²) in [6, 6.07) is 7.71. The Bertz CT molecular complexity index is 714. The normalized spacial score (nSPS) is 12.2. The Hall–Kier alpha value is -1.88. The molecule has 20 heavy (non-hydrogen) atoms. The van der Waals surface area contributed by atoms with Gasteiger partial charge in [-0.3, -0.25) is 9.59 Å². The number of aldehydes is 1. The van der Waals surface area contributed by atoms with Crippen molar-refractivity contribution in [2.75, 3.05) is 14.1 Å². The summed E-state index contributed by atoms with van der Waals surface area (Å²) in [6.45, 7) is 1.89. The topological polar surface area (TPSA) is 53.2 Å². The molecule has 0 saturated heterocycles. The second kappa shape index (κ2) is 5.63. The van der Waals surface area contributed by atoms with Crippen molar-refractivity contribution in [1.82, 2.24) is 9.88 Å². The van der Waals surface area contributed by atoms with Crippen molar-refractivity contribution in [1.29, 1.82) is 0 Å². The fraction of sp³-hybridized carbons (Fsp3) is 0.200. The number of halogens is 1. The molecule has 0 aliphatic heterocycles. The Labute approximate surface area is 125 Å². The highest BCUT2D eigenvalue weighted by molar-refractivity contribution is 9.12. The summed E-state index contributed by atoms with van der Waals surface area (Å²) in [5, 5.41) is 0.925. The van der Waals surface area contributed by atoms with Crippen LogP contribution in [0.25, 0.3) is 16.5 Å². The molecule has 0 spiro atoms. The first kappa shape index (κ1) is 14.5. The molecular formula is C15H15BrN2O2. The number of fused-ring (bicyclic) bond motifs is 1. The first-order valence-corrected chi connectivity index (χ1v) is 6.91. The van der Waals surface area contributed by atoms with Crippen LogP contribution in [0.2, 0.25) is 0 Å². The van der Waals surface area contributed by atoms with Crippen molar-refractivity contribution >= 4 is 44.6 Å². The number of rotatable bonds is 3. The minimum atomic E-state index is -0.211. The molecule has 1 N–H and O–H groups in total. The number of carbonyl (C=O) groups is 2. The van der Waals surface area contributed by atoms with Crippen LogP contribution in [0.3, 0.4) is 0 Å². The Morgan fingerprint density at radius 2 is 1.95 bits per heavy atom. The lowest BCUT2D eigenvalue weighted by Gasteiger charge is -2.14. The molecule has 0 saturated carbocycles. The largest absolute Gasteiger partial charge is 0.358 e. The fourth-order valence-corrected chi connectivity index (χ4v) is 2.58. The predicted octanol–water partition coefficient (Wildman–Crippen LogP) is 2.87. The van der Waals surface area contributed by atoms with Gasteiger partial charge in [0.05, 0.1) is 10.1 Å². The first-order valence-electron chi connectivity index (χ1n) is 6.11. The number of benzene rings is 1. The van der Waals surface area contributed by atoms with E-state index in [0.29, 0.717) is 11.9 Å². The second-order valence-corrected chi connectivity index (χ2v) is 5.57. The van der Waals surface area contributed by atoms with Crippen LogP contribution in [-0.2, 0) is 9.59 Å². The number of likely N-dealkylation sites (N-methyl/N-ethyl adjacent to an activating group) is 1. The smallest absolute Gasteiger partial charge is 0.255 e. The minimum Gasteiger partial charge on any atom is -0.358 e. The number of hydrogen-bond donors (Lipinski definition) is 1. The number of aromatic nitrogens is 1. The molecule has 1 aromatic heterocycles. The lowest BCUT2D eigenvalue weighted by atomic mass is 10.0. The number of nitrogens with zero attached hydrogens (tertiary/aromatic N) is 1. The summed E-state index contributed by atoms with van der Waals surface area (Å²) in [6.07, 6.45) is 0.651. The molecule has 0 fully saturated rings. The Balaban J connectivity index is 2.80. The SMILES string of the molecule is Cc1[nH]c2ccccc2c1/C(C(=O)N(C)C)=C(\Br)C=O. The highest BCUT2D eigenvalue weighted by Gasteiger charge is 2.23. The highest BCUT2D eigenvalue weighted by atomic mass is 79.9. The Morgan fingerprint density at radius 3 is 2.55 bits per heavy atom. The molecule has 1 amide bonds. The van der Waals surface area contributed by atoms with Crippen LogP contribution in [0.15, 0.2) is 28.7 Å². The van der Waals surface area contributed by atoms with E-state index < -0.39 is 0 Å². The molecule has 0 unspecified atom stereocenters. The number of amides is 1. The minimum absolute atomic E-state index is 0.211. The molecule has 0 atom stereocenters. The van der Waals surface area contributed by atoms with Crippen molar-refractivity contribution in [2.24, 2.45) is 0 Å². The van der Waals surface area contributed by atoms with Crippen LogP contribution in [-0.4, -0.2) is 36.2 Å². The van der Waals surface area contributed by atoms with Crippen LogP contribution in [0.5, 0.6) is 0 Å². The van der Waals surface area contributed by atoms with E-state index in [1.54, 1.807) is 14.1 Å². The van der Waals surface area contributed by atoms with Gasteiger partial charge in [0.2, 0.25) is 0 Å². The van der Waals surface area contributed by atoms with Crippen molar-refractivity contribution in [3.05, 3.63) is 40.0 Å². The Morgan fingerprint density at radius 1 is 1.30 bits per heavy atom. The number of H-pyrrole nitrogens is 1. The molecule has 0 aliphatic rings. The quantitative estimate of drug-likeness (QED) is 0.693. The van der Waals surface area contributed by atoms with E-state index in [1.165, 1.54) is 4.90 Å². The van der Waals surface area contributed by atoms with E-state index in [4.69, 9.17) is 0 Å². The summed E-state index contributed by atoms with van der Waals surface area (Å²) >= 11 is 3.20. The number of allylic oxidation sites excluding steroid dienone is 1. The van der Waals surface area contributed by atoms with Gasteiger partial charge in [0.25, 0.3) is 5.91 Å². The molecule has 0 aliphatic carbocycles. The number of aryl methyl sites for hydroxylation is 1. The van der Waals surface area contributed by atoms with Gasteiger partial charge in [-0.15, -0.1) is 0 Å². The maximum Gasteiger partial charge on any atom is 0.255 e. The van der Waals surface area contributed by atoms with Gasteiger partial charge < -0.3 is 9.88 Å². The standard InChI is InChI=1S/C15H15BrN2O2/c1-9-13(10-6-4-5-7-12(10)17-9)14(11(16)8-19)15(20)18(2)3/h4-8,17H,1-3H3/b14-11+. The van der Waals surface area contributed by atoms with E-state index in [-0.39, 0.29) is 10.4 Å². The lowest BCUT2D eigenvalue weighted by molar-refractivity contribution is -0.122. The number of carbonyl (C=O) groups excluding carboxylic acids is 2. The summed E-state index contributed by atoms with van der Waals surface area (Å²) in [7, 11) is 3.33. The molecule has 1 heterocycles. The molecule has 0 bridgehead atoms. The zero-order valence-electron chi connectivity index (χ0n) is 11.5. The highest BCUT2D eigenvalue weighted by Crippen LogP contribution is 2.32. The average molecular weight is 335 g/mol. The van der Waals surface area contributed by atoms with Gasteiger partial charge in [-0.05, 0) is 28.9 Å². The summed E-state index contributed by atoms with van der Waals surface area (Å²) in [5.41, 5.74) is 2.93. The molecule has 5 heteroatoms. The van der Waals surface area contributed by atoms with E-state index >= 15 is 0 Å². The summed E-state index contributed by atoms with van der Waals surface area (Å²) < 4.78 is 0.254. The van der Waals surface area contributed by atoms with Crippen LogP contribution >= 0.6 is 15.9 Å². The fourth-order valence-electron chi connectivity index (χ4n) is 2.21. The number of aromatic amines is 1. The molecule has 2 aromatic rings. The summed E-state index contributed by atoms with van der Waals surface area (Å²) in [4.78, 5) is 28.2. The molecule has 1 aromatic carbocycles. The van der Waals surface area contributed by atoms with Gasteiger partial charge in [-0.25, -0.2) is 0 Å². The van der Waals surface area contributed by atoms with Gasteiger partial charge in [0, 0.05) is 36.3 Å². The van der Waals surface area contributed by atoms with E-state index in [0.717, 1.165) is 22.2 Å². The molecule has 104 valence electrons. The average Bonchev–Trinajstić information content (AvgIpc) is 2.75. The number of para-hydroxylation sites is 1. The lowest BCUT2D eigenvalue weighted by Crippen LogP contribution is -2.23. The van der Waals surface area contributed by atoms with Crippen LogP contribution in [0, 0.1) is 6.92 Å². The van der Waals surface area contributed by atoms with Crippen LogP contribution in [0.4, 0.5) is 0 Å². The van der Waals surface area contributed by atoms with Crippen molar-refractivity contribution in [2.45, 2.75) is 6.92 Å².